The van der Waals surface area contributed by atoms with Crippen molar-refractivity contribution in [2.24, 2.45) is 0 Å². The first-order valence-corrected chi connectivity index (χ1v) is 9.13. The summed E-state index contributed by atoms with van der Waals surface area (Å²) < 4.78 is 5.10. The van der Waals surface area contributed by atoms with Gasteiger partial charge in [0.15, 0.2) is 0 Å². The Balaban J connectivity index is 1.63. The molecule has 0 spiro atoms. The van der Waals surface area contributed by atoms with Crippen LogP contribution in [0.2, 0.25) is 0 Å². The summed E-state index contributed by atoms with van der Waals surface area (Å²) in [5, 5.41) is 14.2. The second-order valence-electron chi connectivity index (χ2n) is 6.98. The van der Waals surface area contributed by atoms with Crippen LogP contribution in [0.25, 0.3) is 0 Å². The Morgan fingerprint density at radius 1 is 1.26 bits per heavy atom. The number of carbonyl (C=O) groups is 2. The van der Waals surface area contributed by atoms with Crippen molar-refractivity contribution >= 4 is 11.8 Å². The van der Waals surface area contributed by atoms with E-state index in [0.717, 1.165) is 11.1 Å². The molecule has 27 heavy (non-hydrogen) atoms. The lowest BCUT2D eigenvalue weighted by molar-refractivity contribution is -0.138. The summed E-state index contributed by atoms with van der Waals surface area (Å²) in [7, 11) is 0. The first-order valence-electron chi connectivity index (χ1n) is 9.13. The zero-order chi connectivity index (χ0) is 19.4. The van der Waals surface area contributed by atoms with Gasteiger partial charge in [-0.1, -0.05) is 35.5 Å². The summed E-state index contributed by atoms with van der Waals surface area (Å²) in [6, 6.07) is 9.90. The van der Waals surface area contributed by atoms with Crippen molar-refractivity contribution in [3.8, 4) is 0 Å². The highest BCUT2D eigenvalue weighted by Gasteiger charge is 2.30. The van der Waals surface area contributed by atoms with Gasteiger partial charge < -0.3 is 19.4 Å². The van der Waals surface area contributed by atoms with E-state index in [0.29, 0.717) is 24.4 Å². The largest absolute Gasteiger partial charge is 0.389 e. The quantitative estimate of drug-likeness (QED) is 0.851. The Bertz CT molecular complexity index is 783. The van der Waals surface area contributed by atoms with Crippen LogP contribution >= 0.6 is 0 Å². The van der Waals surface area contributed by atoms with Crippen molar-refractivity contribution in [3.05, 3.63) is 52.9 Å². The monoisotopic (exact) mass is 371 g/mol. The molecule has 0 aliphatic carbocycles. The third-order valence-electron chi connectivity index (χ3n) is 4.92. The normalized spacial score (nSPS) is 17.9. The van der Waals surface area contributed by atoms with Crippen LogP contribution in [-0.2, 0) is 22.4 Å². The molecule has 3 rings (SSSR count). The molecule has 0 radical (unpaired) electrons. The number of hydrogen-bond acceptors (Lipinski definition) is 5. The van der Waals surface area contributed by atoms with Crippen LogP contribution in [0.4, 0.5) is 0 Å². The highest BCUT2D eigenvalue weighted by molar-refractivity contribution is 5.86. The second kappa shape index (κ2) is 8.35. The van der Waals surface area contributed by atoms with Gasteiger partial charge in [0.25, 0.3) is 0 Å². The van der Waals surface area contributed by atoms with Crippen LogP contribution in [-0.4, -0.2) is 64.2 Å². The van der Waals surface area contributed by atoms with Crippen molar-refractivity contribution in [1.82, 2.24) is 15.0 Å². The maximum absolute atomic E-state index is 12.7. The van der Waals surface area contributed by atoms with Gasteiger partial charge in [0.2, 0.25) is 11.8 Å². The molecule has 1 atom stereocenters. The van der Waals surface area contributed by atoms with Crippen LogP contribution in [0.5, 0.6) is 0 Å². The van der Waals surface area contributed by atoms with Crippen molar-refractivity contribution in [2.75, 3.05) is 26.2 Å². The van der Waals surface area contributed by atoms with E-state index in [1.807, 2.05) is 30.3 Å². The summed E-state index contributed by atoms with van der Waals surface area (Å²) in [4.78, 5) is 28.4. The molecule has 1 saturated heterocycles. The molecular weight excluding hydrogens is 346 g/mol. The highest BCUT2D eigenvalue weighted by atomic mass is 16.5. The second-order valence-corrected chi connectivity index (χ2v) is 6.98. The minimum absolute atomic E-state index is 0.0198. The van der Waals surface area contributed by atoms with Gasteiger partial charge in [0, 0.05) is 25.2 Å². The maximum Gasteiger partial charge on any atom is 0.242 e. The molecule has 1 unspecified atom stereocenters. The molecule has 1 fully saturated rings. The number of hydrogen-bond donors (Lipinski definition) is 1. The SMILES string of the molecule is Cc1noc(C)c1CC(=O)N1CC(=O)N(CCc2ccccc2)CC(O)C1. The van der Waals surface area contributed by atoms with E-state index in [1.54, 1.807) is 18.7 Å². The minimum Gasteiger partial charge on any atom is -0.389 e. The third-order valence-corrected chi connectivity index (χ3v) is 4.92. The average molecular weight is 371 g/mol. The molecule has 2 amide bonds. The Hall–Kier alpha value is -2.67. The molecule has 1 N–H and O–H groups in total. The number of aryl methyl sites for hydroxylation is 2. The predicted molar refractivity (Wildman–Crippen MR) is 99.0 cm³/mol. The fourth-order valence-electron chi connectivity index (χ4n) is 3.33. The Labute approximate surface area is 158 Å². The molecule has 0 bridgehead atoms. The lowest BCUT2D eigenvalue weighted by atomic mass is 10.1. The predicted octanol–water partition coefficient (Wildman–Crippen LogP) is 1.11. The smallest absolute Gasteiger partial charge is 0.242 e. The summed E-state index contributed by atoms with van der Waals surface area (Å²) in [6.07, 6.45) is 0.0678. The summed E-state index contributed by atoms with van der Waals surface area (Å²) in [6.45, 7) is 4.43. The molecule has 7 nitrogen and oxygen atoms in total. The molecule has 1 aromatic heterocycles. The fraction of sp³-hybridized carbons (Fsp3) is 0.450. The molecule has 2 heterocycles. The van der Waals surface area contributed by atoms with E-state index in [2.05, 4.69) is 5.16 Å². The fourth-order valence-corrected chi connectivity index (χ4v) is 3.33. The van der Waals surface area contributed by atoms with Crippen molar-refractivity contribution in [3.63, 3.8) is 0 Å². The third kappa shape index (κ3) is 4.74. The Morgan fingerprint density at radius 3 is 2.67 bits per heavy atom. The first kappa shape index (κ1) is 19.1. The van der Waals surface area contributed by atoms with Crippen molar-refractivity contribution in [2.45, 2.75) is 32.8 Å². The van der Waals surface area contributed by atoms with E-state index in [-0.39, 0.29) is 37.9 Å². The molecule has 144 valence electrons. The van der Waals surface area contributed by atoms with Gasteiger partial charge in [-0.3, -0.25) is 9.59 Å². The lowest BCUT2D eigenvalue weighted by Gasteiger charge is -2.22. The summed E-state index contributed by atoms with van der Waals surface area (Å²) >= 11 is 0. The Kier molecular flexibility index (Phi) is 5.91. The lowest BCUT2D eigenvalue weighted by Crippen LogP contribution is -2.40. The molecule has 7 heteroatoms. The molecular formula is C20H25N3O4. The van der Waals surface area contributed by atoms with E-state index in [1.165, 1.54) is 4.90 Å². The van der Waals surface area contributed by atoms with Gasteiger partial charge in [-0.2, -0.15) is 0 Å². The van der Waals surface area contributed by atoms with Gasteiger partial charge in [-0.05, 0) is 25.8 Å². The van der Waals surface area contributed by atoms with Gasteiger partial charge >= 0.3 is 0 Å². The number of aliphatic hydroxyl groups is 1. The van der Waals surface area contributed by atoms with E-state index in [9.17, 15) is 14.7 Å². The van der Waals surface area contributed by atoms with Crippen molar-refractivity contribution < 1.29 is 19.2 Å². The van der Waals surface area contributed by atoms with Crippen LogP contribution in [0.15, 0.2) is 34.9 Å². The van der Waals surface area contributed by atoms with E-state index < -0.39 is 6.10 Å². The Morgan fingerprint density at radius 2 is 2.00 bits per heavy atom. The summed E-state index contributed by atoms with van der Waals surface area (Å²) in [5.74, 6) is 0.253. The van der Waals surface area contributed by atoms with Crippen LogP contribution < -0.4 is 0 Å². The van der Waals surface area contributed by atoms with Gasteiger partial charge in [-0.25, -0.2) is 0 Å². The maximum atomic E-state index is 12.7. The minimum atomic E-state index is -0.763. The zero-order valence-corrected chi connectivity index (χ0v) is 15.7. The highest BCUT2D eigenvalue weighted by Crippen LogP contribution is 2.15. The first-order chi connectivity index (χ1) is 12.9. The molecule has 1 aromatic carbocycles. The van der Waals surface area contributed by atoms with E-state index in [4.69, 9.17) is 4.52 Å². The molecule has 0 saturated carbocycles. The number of nitrogens with zero attached hydrogens (tertiary/aromatic N) is 3. The van der Waals surface area contributed by atoms with Gasteiger partial charge in [-0.15, -0.1) is 0 Å². The van der Waals surface area contributed by atoms with Gasteiger partial charge in [0.1, 0.15) is 5.76 Å². The standard InChI is InChI=1S/C20H25N3O4/c1-14-18(15(2)27-21-14)10-19(25)23-12-17(24)11-22(20(26)13-23)9-8-16-6-4-3-5-7-16/h3-7,17,24H,8-13H2,1-2H3. The van der Waals surface area contributed by atoms with Gasteiger partial charge in [0.05, 0.1) is 24.8 Å². The number of carbonyl (C=O) groups excluding carboxylic acids is 2. The molecule has 1 aliphatic rings. The van der Waals surface area contributed by atoms with Crippen LogP contribution in [0.1, 0.15) is 22.6 Å². The zero-order valence-electron chi connectivity index (χ0n) is 15.7. The van der Waals surface area contributed by atoms with Crippen LogP contribution in [0.3, 0.4) is 0 Å². The number of aromatic nitrogens is 1. The number of rotatable bonds is 5. The number of benzene rings is 1. The summed E-state index contributed by atoms with van der Waals surface area (Å²) in [5.41, 5.74) is 2.55. The van der Waals surface area contributed by atoms with Crippen molar-refractivity contribution in [1.29, 1.82) is 0 Å². The number of aliphatic hydroxyl groups excluding tert-OH is 1. The topological polar surface area (TPSA) is 86.9 Å². The van der Waals surface area contributed by atoms with Crippen LogP contribution in [0, 0.1) is 13.8 Å². The number of β-amino-alcohol motifs (C(OH)–C–C–N with tert-alkyl or cyclic N) is 1. The molecule has 1 aliphatic heterocycles. The average Bonchev–Trinajstić information content (AvgIpc) is 2.88. The van der Waals surface area contributed by atoms with E-state index >= 15 is 0 Å². The number of amides is 2. The molecule has 2 aromatic rings.